The molecule has 0 bridgehead atoms. The van der Waals surface area contributed by atoms with Crippen molar-refractivity contribution in [2.24, 2.45) is 7.05 Å². The monoisotopic (exact) mass is 496 g/mol. The minimum atomic E-state index is -0.309. The van der Waals surface area contributed by atoms with Crippen LogP contribution in [0.15, 0.2) is 79.1 Å². The molecule has 0 aliphatic heterocycles. The number of carbonyl (C=O) groups excluding carboxylic acids is 1. The maximum atomic E-state index is 12.9. The predicted molar refractivity (Wildman–Crippen MR) is 141 cm³/mol. The number of ether oxygens (including phenoxy) is 3. The number of nitrogens with zero attached hydrogens (tertiary/aromatic N) is 3. The van der Waals surface area contributed by atoms with Gasteiger partial charge in [0.15, 0.2) is 5.82 Å². The lowest BCUT2D eigenvalue weighted by Gasteiger charge is -2.15. The Morgan fingerprint density at radius 2 is 1.86 bits per heavy atom. The van der Waals surface area contributed by atoms with Gasteiger partial charge in [-0.2, -0.15) is 5.10 Å². The van der Waals surface area contributed by atoms with E-state index in [2.05, 4.69) is 27.2 Å². The molecule has 8 nitrogen and oxygen atoms in total. The topological polar surface area (TPSA) is 87.5 Å². The summed E-state index contributed by atoms with van der Waals surface area (Å²) in [6, 6.07) is 20.2. The minimum absolute atomic E-state index is 0.201. The number of pyridine rings is 1. The number of amides is 1. The largest absolute Gasteiger partial charge is 0.488 e. The van der Waals surface area contributed by atoms with E-state index in [4.69, 9.17) is 14.2 Å². The maximum absolute atomic E-state index is 12.9. The molecule has 188 valence electrons. The number of carbonyl (C=O) groups is 1. The van der Waals surface area contributed by atoms with Crippen LogP contribution < -0.4 is 14.8 Å². The summed E-state index contributed by atoms with van der Waals surface area (Å²) in [5, 5.41) is 7.01. The molecule has 2 aromatic heterocycles. The summed E-state index contributed by atoms with van der Waals surface area (Å²) in [5.41, 5.74) is 2.66. The molecule has 0 aliphatic carbocycles. The molecule has 0 saturated carbocycles. The first kappa shape index (κ1) is 25.5. The van der Waals surface area contributed by atoms with Gasteiger partial charge < -0.3 is 19.5 Å². The quantitative estimate of drug-likeness (QED) is 0.344. The van der Waals surface area contributed by atoms with E-state index in [1.54, 1.807) is 55.5 Å². The molecule has 0 spiro atoms. The third-order valence-electron chi connectivity index (χ3n) is 5.16. The molecule has 4 rings (SSSR count). The Hall–Kier alpha value is -4.61. The highest BCUT2D eigenvalue weighted by molar-refractivity contribution is 6.04. The zero-order valence-electron chi connectivity index (χ0n) is 21.0. The molecule has 0 saturated heterocycles. The standard InChI is InChI=1S/C29H28N4O4/c1-21(19-35-3)37-27-17-23(15-24(18-27)29(34)31-28-12-14-33(2)32-28)11-10-22-7-6-9-26(16-22)36-20-25-8-4-5-13-30-25/h4-9,12-18,21H,19-20H2,1-3H3,(H,31,32,34)/t21-/m0/s1. The van der Waals surface area contributed by atoms with Crippen molar-refractivity contribution < 1.29 is 19.0 Å². The Balaban J connectivity index is 1.55. The first-order chi connectivity index (χ1) is 18.0. The van der Waals surface area contributed by atoms with Crippen molar-refractivity contribution in [3.8, 4) is 23.3 Å². The van der Waals surface area contributed by atoms with Crippen LogP contribution in [0.1, 0.15) is 34.1 Å². The Labute approximate surface area is 216 Å². The van der Waals surface area contributed by atoms with E-state index in [0.717, 1.165) is 11.3 Å². The van der Waals surface area contributed by atoms with Gasteiger partial charge in [0.05, 0.1) is 12.3 Å². The van der Waals surface area contributed by atoms with E-state index >= 15 is 0 Å². The van der Waals surface area contributed by atoms with Crippen LogP contribution in [0.4, 0.5) is 5.82 Å². The highest BCUT2D eigenvalue weighted by atomic mass is 16.5. The Morgan fingerprint density at radius 1 is 1.03 bits per heavy atom. The summed E-state index contributed by atoms with van der Waals surface area (Å²) in [4.78, 5) is 17.2. The van der Waals surface area contributed by atoms with Crippen molar-refractivity contribution in [2.75, 3.05) is 19.0 Å². The molecule has 2 aromatic carbocycles. The van der Waals surface area contributed by atoms with Gasteiger partial charge >= 0.3 is 0 Å². The van der Waals surface area contributed by atoms with Crippen LogP contribution in [0.3, 0.4) is 0 Å². The number of methoxy groups -OCH3 is 1. The van der Waals surface area contributed by atoms with Crippen molar-refractivity contribution in [3.63, 3.8) is 0 Å². The van der Waals surface area contributed by atoms with Crippen molar-refractivity contribution in [1.82, 2.24) is 14.8 Å². The second-order valence-corrected chi connectivity index (χ2v) is 8.35. The molecular weight excluding hydrogens is 468 g/mol. The van der Waals surface area contributed by atoms with Gasteiger partial charge in [0.2, 0.25) is 0 Å². The number of anilines is 1. The van der Waals surface area contributed by atoms with E-state index in [9.17, 15) is 4.79 Å². The first-order valence-electron chi connectivity index (χ1n) is 11.7. The van der Waals surface area contributed by atoms with Gasteiger partial charge in [0, 0.05) is 49.3 Å². The summed E-state index contributed by atoms with van der Waals surface area (Å²) in [7, 11) is 3.40. The molecule has 4 aromatic rings. The van der Waals surface area contributed by atoms with Gasteiger partial charge in [-0.25, -0.2) is 0 Å². The molecule has 0 fully saturated rings. The molecule has 1 N–H and O–H groups in total. The summed E-state index contributed by atoms with van der Waals surface area (Å²) in [5.74, 6) is 7.66. The Kier molecular flexibility index (Phi) is 8.53. The van der Waals surface area contributed by atoms with E-state index < -0.39 is 0 Å². The van der Waals surface area contributed by atoms with Gasteiger partial charge in [-0.05, 0) is 55.5 Å². The smallest absolute Gasteiger partial charge is 0.257 e. The normalized spacial score (nSPS) is 11.2. The van der Waals surface area contributed by atoms with Crippen LogP contribution in [0, 0.1) is 11.8 Å². The average molecular weight is 497 g/mol. The average Bonchev–Trinajstić information content (AvgIpc) is 3.31. The number of aryl methyl sites for hydroxylation is 1. The lowest BCUT2D eigenvalue weighted by Crippen LogP contribution is -2.19. The molecule has 0 radical (unpaired) electrons. The fourth-order valence-electron chi connectivity index (χ4n) is 3.49. The number of rotatable bonds is 9. The molecule has 0 aliphatic rings. The zero-order chi connectivity index (χ0) is 26.0. The highest BCUT2D eigenvalue weighted by Crippen LogP contribution is 2.20. The predicted octanol–water partition coefficient (Wildman–Crippen LogP) is 4.46. The van der Waals surface area contributed by atoms with Crippen molar-refractivity contribution >= 4 is 11.7 Å². The molecule has 1 amide bonds. The summed E-state index contributed by atoms with van der Waals surface area (Å²) in [6.07, 6.45) is 3.29. The number of aromatic nitrogens is 3. The summed E-state index contributed by atoms with van der Waals surface area (Å²) < 4.78 is 18.6. The number of hydrogen-bond donors (Lipinski definition) is 1. The van der Waals surface area contributed by atoms with Gasteiger partial charge in [-0.3, -0.25) is 14.5 Å². The van der Waals surface area contributed by atoms with Crippen molar-refractivity contribution in [2.45, 2.75) is 19.6 Å². The third-order valence-corrected chi connectivity index (χ3v) is 5.16. The second-order valence-electron chi connectivity index (χ2n) is 8.35. The molecule has 8 heteroatoms. The molecular formula is C29H28N4O4. The molecule has 0 unspecified atom stereocenters. The van der Waals surface area contributed by atoms with E-state index in [1.807, 2.05) is 49.4 Å². The van der Waals surface area contributed by atoms with Crippen LogP contribution in [-0.4, -0.2) is 40.5 Å². The van der Waals surface area contributed by atoms with Crippen LogP contribution in [0.2, 0.25) is 0 Å². The zero-order valence-corrected chi connectivity index (χ0v) is 21.0. The first-order valence-corrected chi connectivity index (χ1v) is 11.7. The number of benzene rings is 2. The summed E-state index contributed by atoms with van der Waals surface area (Å²) >= 11 is 0. The van der Waals surface area contributed by atoms with Gasteiger partial charge in [0.25, 0.3) is 5.91 Å². The van der Waals surface area contributed by atoms with Crippen molar-refractivity contribution in [1.29, 1.82) is 0 Å². The SMILES string of the molecule is COC[C@H](C)Oc1cc(C#Cc2cccc(OCc3ccccn3)c2)cc(C(=O)Nc2ccn(C)n2)c1. The fourth-order valence-corrected chi connectivity index (χ4v) is 3.49. The number of nitrogens with one attached hydrogen (secondary N) is 1. The van der Waals surface area contributed by atoms with Crippen LogP contribution in [0.25, 0.3) is 0 Å². The molecule has 37 heavy (non-hydrogen) atoms. The summed E-state index contributed by atoms with van der Waals surface area (Å²) in [6.45, 7) is 2.67. The van der Waals surface area contributed by atoms with Crippen LogP contribution in [0.5, 0.6) is 11.5 Å². The third kappa shape index (κ3) is 7.69. The molecule has 2 heterocycles. The van der Waals surface area contributed by atoms with Crippen molar-refractivity contribution in [3.05, 3.63) is 102 Å². The van der Waals surface area contributed by atoms with E-state index in [0.29, 0.717) is 41.7 Å². The highest BCUT2D eigenvalue weighted by Gasteiger charge is 2.13. The minimum Gasteiger partial charge on any atom is -0.488 e. The Bertz CT molecular complexity index is 1410. The fraction of sp³-hybridized carbons (Fsp3) is 0.207. The van der Waals surface area contributed by atoms with Crippen LogP contribution >= 0.6 is 0 Å². The van der Waals surface area contributed by atoms with Gasteiger partial charge in [-0.1, -0.05) is 24.0 Å². The molecule has 1 atom stereocenters. The van der Waals surface area contributed by atoms with E-state index in [1.165, 1.54) is 0 Å². The van der Waals surface area contributed by atoms with Gasteiger partial charge in [-0.15, -0.1) is 0 Å². The van der Waals surface area contributed by atoms with E-state index in [-0.39, 0.29) is 12.0 Å². The van der Waals surface area contributed by atoms with Crippen LogP contribution in [-0.2, 0) is 18.4 Å². The number of hydrogen-bond acceptors (Lipinski definition) is 6. The lowest BCUT2D eigenvalue weighted by atomic mass is 10.1. The second kappa shape index (κ2) is 12.4. The van der Waals surface area contributed by atoms with Gasteiger partial charge in [0.1, 0.15) is 24.2 Å². The maximum Gasteiger partial charge on any atom is 0.257 e. The Morgan fingerprint density at radius 3 is 2.62 bits per heavy atom. The lowest BCUT2D eigenvalue weighted by molar-refractivity contribution is 0.0917.